The third-order valence-electron chi connectivity index (χ3n) is 3.69. The molecule has 25 heavy (non-hydrogen) atoms. The molecular weight excluding hydrogens is 409 g/mol. The molecule has 0 saturated heterocycles. The number of primary amides is 1. The lowest BCUT2D eigenvalue weighted by atomic mass is 10.0. The van der Waals surface area contributed by atoms with Gasteiger partial charge in [-0.3, -0.25) is 4.79 Å². The number of nitrogens with one attached hydrogen (secondary N) is 1. The lowest BCUT2D eigenvalue weighted by Crippen LogP contribution is -2.38. The number of benzene rings is 1. The summed E-state index contributed by atoms with van der Waals surface area (Å²) in [6, 6.07) is 8.29. The molecule has 0 aliphatic carbocycles. The van der Waals surface area contributed by atoms with Gasteiger partial charge in [-0.1, -0.05) is 18.2 Å². The number of carbonyl (C=O) groups is 2. The van der Waals surface area contributed by atoms with E-state index in [2.05, 4.69) is 21.2 Å². The molecule has 0 aliphatic rings. The van der Waals surface area contributed by atoms with Gasteiger partial charge in [-0.2, -0.15) is 0 Å². The minimum absolute atomic E-state index is 0.0652. The first-order valence-corrected chi connectivity index (χ1v) is 9.34. The number of carbonyl (C=O) groups excluding carboxylic acids is 2. The summed E-state index contributed by atoms with van der Waals surface area (Å²) in [6.45, 7) is 2.85. The zero-order chi connectivity index (χ0) is 18.4. The van der Waals surface area contributed by atoms with Crippen LogP contribution < -0.4 is 11.1 Å². The number of nitrogens with two attached hydrogens (primary N) is 1. The van der Waals surface area contributed by atoms with Crippen LogP contribution >= 0.6 is 27.3 Å². The van der Waals surface area contributed by atoms with Crippen molar-refractivity contribution in [1.29, 1.82) is 0 Å². The zero-order valence-electron chi connectivity index (χ0n) is 13.7. The van der Waals surface area contributed by atoms with Gasteiger partial charge in [0.2, 0.25) is 5.91 Å². The van der Waals surface area contributed by atoms with E-state index in [1.165, 1.54) is 12.1 Å². The van der Waals surface area contributed by atoms with Gasteiger partial charge in [0, 0.05) is 17.0 Å². The molecule has 2 rings (SSSR count). The van der Waals surface area contributed by atoms with Crippen LogP contribution in [0.15, 0.2) is 40.2 Å². The summed E-state index contributed by atoms with van der Waals surface area (Å²) in [5.41, 5.74) is 5.43. The van der Waals surface area contributed by atoms with Gasteiger partial charge in [-0.05, 0) is 41.1 Å². The van der Waals surface area contributed by atoms with E-state index in [1.54, 1.807) is 28.4 Å². The molecule has 1 heterocycles. The fourth-order valence-corrected chi connectivity index (χ4v) is 3.97. The maximum atomic E-state index is 14.1. The first-order valence-electron chi connectivity index (χ1n) is 7.73. The van der Waals surface area contributed by atoms with E-state index < -0.39 is 17.9 Å². The van der Waals surface area contributed by atoms with Crippen molar-refractivity contribution in [3.05, 3.63) is 56.4 Å². The van der Waals surface area contributed by atoms with E-state index in [-0.39, 0.29) is 17.9 Å². The molecule has 0 spiro atoms. The Morgan fingerprint density at radius 1 is 1.32 bits per heavy atom. The van der Waals surface area contributed by atoms with Gasteiger partial charge >= 0.3 is 6.03 Å². The molecule has 134 valence electrons. The van der Waals surface area contributed by atoms with Gasteiger partial charge in [0.25, 0.3) is 0 Å². The third kappa shape index (κ3) is 5.54. The van der Waals surface area contributed by atoms with E-state index in [0.717, 1.165) is 8.66 Å². The highest BCUT2D eigenvalue weighted by molar-refractivity contribution is 9.11. The van der Waals surface area contributed by atoms with Crippen molar-refractivity contribution < 1.29 is 14.0 Å². The molecule has 1 atom stereocenters. The average molecular weight is 428 g/mol. The zero-order valence-corrected chi connectivity index (χ0v) is 16.1. The minimum Gasteiger partial charge on any atom is -0.352 e. The lowest BCUT2D eigenvalue weighted by Gasteiger charge is -2.24. The number of urea groups is 1. The fourth-order valence-electron chi connectivity index (χ4n) is 2.47. The predicted molar refractivity (Wildman–Crippen MR) is 99.6 cm³/mol. The van der Waals surface area contributed by atoms with Crippen LogP contribution in [-0.2, 0) is 11.3 Å². The molecule has 3 amide bonds. The van der Waals surface area contributed by atoms with Crippen molar-refractivity contribution in [3.8, 4) is 0 Å². The van der Waals surface area contributed by atoms with Crippen LogP contribution in [0.1, 0.15) is 29.8 Å². The number of thiophene rings is 1. The highest BCUT2D eigenvalue weighted by Gasteiger charge is 2.23. The SMILES string of the molecule is CCN(Cc1ccc(Br)s1)C(=O)C[C@@H](NC(N)=O)c1ccccc1F. The monoisotopic (exact) mass is 427 g/mol. The van der Waals surface area contributed by atoms with Gasteiger partial charge in [0.05, 0.1) is 22.8 Å². The summed E-state index contributed by atoms with van der Waals surface area (Å²) < 4.78 is 15.0. The topological polar surface area (TPSA) is 75.4 Å². The number of hydrogen-bond donors (Lipinski definition) is 2. The summed E-state index contributed by atoms with van der Waals surface area (Å²) in [6.07, 6.45) is -0.0652. The molecule has 1 aromatic carbocycles. The van der Waals surface area contributed by atoms with Crippen LogP contribution in [0.3, 0.4) is 0 Å². The second kappa shape index (κ2) is 8.96. The van der Waals surface area contributed by atoms with Crippen molar-refractivity contribution in [2.75, 3.05) is 6.54 Å². The molecule has 3 N–H and O–H groups in total. The van der Waals surface area contributed by atoms with Crippen molar-refractivity contribution in [3.63, 3.8) is 0 Å². The van der Waals surface area contributed by atoms with Gasteiger partial charge in [0.1, 0.15) is 5.82 Å². The fraction of sp³-hybridized carbons (Fsp3) is 0.294. The Balaban J connectivity index is 2.14. The molecule has 1 aromatic heterocycles. The van der Waals surface area contributed by atoms with Gasteiger partial charge in [0.15, 0.2) is 0 Å². The van der Waals surface area contributed by atoms with Crippen molar-refractivity contribution in [1.82, 2.24) is 10.2 Å². The van der Waals surface area contributed by atoms with Crippen molar-refractivity contribution >= 4 is 39.2 Å². The Kier molecular flexibility index (Phi) is 6.95. The number of nitrogens with zero attached hydrogens (tertiary/aromatic N) is 1. The molecular formula is C17H19BrFN3O2S. The molecule has 0 bridgehead atoms. The Bertz CT molecular complexity index is 753. The summed E-state index contributed by atoms with van der Waals surface area (Å²) in [4.78, 5) is 26.6. The number of amides is 3. The molecule has 0 radical (unpaired) electrons. The van der Waals surface area contributed by atoms with Gasteiger partial charge in [-0.15, -0.1) is 11.3 Å². The summed E-state index contributed by atoms with van der Waals surface area (Å²) >= 11 is 4.95. The minimum atomic E-state index is -0.810. The second-order valence-electron chi connectivity index (χ2n) is 5.40. The smallest absolute Gasteiger partial charge is 0.312 e. The van der Waals surface area contributed by atoms with Crippen LogP contribution in [0.2, 0.25) is 0 Å². The van der Waals surface area contributed by atoms with Crippen LogP contribution in [0.25, 0.3) is 0 Å². The first-order chi connectivity index (χ1) is 11.9. The maximum Gasteiger partial charge on any atom is 0.312 e. The number of hydrogen-bond acceptors (Lipinski definition) is 3. The number of halogens is 2. The molecule has 5 nitrogen and oxygen atoms in total. The third-order valence-corrected chi connectivity index (χ3v) is 5.29. The normalized spacial score (nSPS) is 11.8. The Morgan fingerprint density at radius 3 is 2.60 bits per heavy atom. The second-order valence-corrected chi connectivity index (χ2v) is 7.95. The highest BCUT2D eigenvalue weighted by atomic mass is 79.9. The van der Waals surface area contributed by atoms with E-state index in [4.69, 9.17) is 5.73 Å². The quantitative estimate of drug-likeness (QED) is 0.704. The van der Waals surface area contributed by atoms with Crippen molar-refractivity contribution in [2.45, 2.75) is 25.9 Å². The summed E-state index contributed by atoms with van der Waals surface area (Å²) in [5.74, 6) is -0.673. The Labute approximate surface area is 158 Å². The Morgan fingerprint density at radius 2 is 2.04 bits per heavy atom. The summed E-state index contributed by atoms with van der Waals surface area (Å²) in [7, 11) is 0. The van der Waals surface area contributed by atoms with E-state index in [0.29, 0.717) is 13.1 Å². The van der Waals surface area contributed by atoms with Crippen LogP contribution in [0.4, 0.5) is 9.18 Å². The largest absolute Gasteiger partial charge is 0.352 e. The molecule has 0 unspecified atom stereocenters. The average Bonchev–Trinajstić information content (AvgIpc) is 2.97. The van der Waals surface area contributed by atoms with Crippen LogP contribution in [0.5, 0.6) is 0 Å². The van der Waals surface area contributed by atoms with Crippen LogP contribution in [-0.4, -0.2) is 23.4 Å². The summed E-state index contributed by atoms with van der Waals surface area (Å²) in [5, 5.41) is 2.46. The molecule has 2 aromatic rings. The van der Waals surface area contributed by atoms with Crippen LogP contribution in [0, 0.1) is 5.82 Å². The van der Waals surface area contributed by atoms with Gasteiger partial charge < -0.3 is 16.0 Å². The molecule has 0 fully saturated rings. The standard InChI is InChI=1S/C17H19BrFN3O2S/c1-2-22(10-11-7-8-15(18)25-11)16(23)9-14(21-17(20)24)12-5-3-4-6-13(12)19/h3-8,14H,2,9-10H2,1H3,(H3,20,21,24)/t14-/m1/s1. The van der Waals surface area contributed by atoms with E-state index >= 15 is 0 Å². The lowest BCUT2D eigenvalue weighted by molar-refractivity contribution is -0.132. The Hall–Kier alpha value is -1.93. The maximum absolute atomic E-state index is 14.1. The van der Waals surface area contributed by atoms with E-state index in [1.807, 2.05) is 19.1 Å². The number of rotatable bonds is 7. The molecule has 8 heteroatoms. The highest BCUT2D eigenvalue weighted by Crippen LogP contribution is 2.25. The van der Waals surface area contributed by atoms with Gasteiger partial charge in [-0.25, -0.2) is 9.18 Å². The molecule has 0 saturated carbocycles. The first kappa shape index (κ1) is 19.4. The molecule has 0 aliphatic heterocycles. The predicted octanol–water partition coefficient (Wildman–Crippen LogP) is 3.80. The van der Waals surface area contributed by atoms with Crippen molar-refractivity contribution in [2.24, 2.45) is 5.73 Å². The van der Waals surface area contributed by atoms with E-state index in [9.17, 15) is 14.0 Å².